The highest BCUT2D eigenvalue weighted by atomic mass is 16.5. The quantitative estimate of drug-likeness (QED) is 0.554. The molecule has 9 nitrogen and oxygen atoms in total. The molecule has 0 radical (unpaired) electrons. The maximum absolute atomic E-state index is 12.4. The molecule has 1 aliphatic heterocycles. The lowest BCUT2D eigenvalue weighted by Crippen LogP contribution is -2.38. The van der Waals surface area contributed by atoms with Crippen molar-refractivity contribution in [2.24, 2.45) is 0 Å². The Kier molecular flexibility index (Phi) is 6.23. The molecule has 4 rings (SSSR count). The van der Waals surface area contributed by atoms with Gasteiger partial charge >= 0.3 is 0 Å². The van der Waals surface area contributed by atoms with Crippen molar-refractivity contribution in [3.05, 3.63) is 48.6 Å². The van der Waals surface area contributed by atoms with Gasteiger partial charge in [0.25, 0.3) is 0 Å². The maximum atomic E-state index is 12.4. The number of nitrogens with zero attached hydrogens (tertiary/aromatic N) is 7. The lowest BCUT2D eigenvalue weighted by molar-refractivity contribution is -0.127. The highest BCUT2D eigenvalue weighted by Gasteiger charge is 2.23. The molecule has 32 heavy (non-hydrogen) atoms. The molecule has 0 N–H and O–H groups in total. The van der Waals surface area contributed by atoms with Gasteiger partial charge in [0.05, 0.1) is 25.5 Å². The average molecular weight is 434 g/mol. The van der Waals surface area contributed by atoms with Gasteiger partial charge in [0.2, 0.25) is 5.91 Å². The molecule has 0 aromatic carbocycles. The van der Waals surface area contributed by atoms with Crippen LogP contribution in [0.4, 0.5) is 0 Å². The molecule has 0 bridgehead atoms. The number of nitriles is 1. The minimum absolute atomic E-state index is 0.0720. The molecule has 166 valence electrons. The monoisotopic (exact) mass is 433 g/mol. The van der Waals surface area contributed by atoms with E-state index in [0.29, 0.717) is 16.8 Å². The van der Waals surface area contributed by atoms with E-state index >= 15 is 0 Å². The van der Waals surface area contributed by atoms with Crippen LogP contribution in [0.15, 0.2) is 43.0 Å². The number of fused-ring (bicyclic) bond motifs is 1. The molecule has 0 unspecified atom stereocenters. The van der Waals surface area contributed by atoms with Gasteiger partial charge in [-0.3, -0.25) is 9.48 Å². The summed E-state index contributed by atoms with van der Waals surface area (Å²) in [4.78, 5) is 16.3. The molecule has 9 heteroatoms. The largest absolute Gasteiger partial charge is 0.494 e. The zero-order valence-electron chi connectivity index (χ0n) is 18.6. The van der Waals surface area contributed by atoms with Crippen molar-refractivity contribution in [3.63, 3.8) is 0 Å². The number of likely N-dealkylation sites (N-methyl/N-ethyl adjacent to an activating group) is 1. The zero-order valence-corrected chi connectivity index (χ0v) is 18.6. The summed E-state index contributed by atoms with van der Waals surface area (Å²) in [5, 5.41) is 18.2. The lowest BCUT2D eigenvalue weighted by atomic mass is 10.0. The predicted molar refractivity (Wildman–Crippen MR) is 120 cm³/mol. The second-order valence-corrected chi connectivity index (χ2v) is 8.19. The number of pyridine rings is 1. The third-order valence-electron chi connectivity index (χ3n) is 5.73. The summed E-state index contributed by atoms with van der Waals surface area (Å²) < 4.78 is 9.15. The topological polar surface area (TPSA) is 91.7 Å². The fourth-order valence-corrected chi connectivity index (χ4v) is 3.99. The van der Waals surface area contributed by atoms with E-state index in [-0.39, 0.29) is 11.9 Å². The number of hydrogen-bond donors (Lipinski definition) is 0. The standard InChI is InChI=1S/C23H27N7O2/c1-27(2)8-4-5-22(31)28-9-6-20(7-10-28)29-16-19(14-25-29)17-11-21(32-3)23-18(12-24)13-26-30(23)15-17/h4-5,11,13-16,20H,6-10H2,1-3H3/b5-4+. The molecule has 0 saturated carbocycles. The fourth-order valence-electron chi connectivity index (χ4n) is 3.99. The Bertz CT molecular complexity index is 1180. The summed E-state index contributed by atoms with van der Waals surface area (Å²) in [7, 11) is 5.54. The summed E-state index contributed by atoms with van der Waals surface area (Å²) in [5.74, 6) is 0.668. The number of methoxy groups -OCH3 is 1. The van der Waals surface area contributed by atoms with Crippen molar-refractivity contribution in [1.82, 2.24) is 29.2 Å². The number of hydrogen-bond acceptors (Lipinski definition) is 6. The van der Waals surface area contributed by atoms with Crippen molar-refractivity contribution in [3.8, 4) is 22.9 Å². The minimum Gasteiger partial charge on any atom is -0.494 e. The second kappa shape index (κ2) is 9.24. The summed E-state index contributed by atoms with van der Waals surface area (Å²) in [5.41, 5.74) is 2.99. The van der Waals surface area contributed by atoms with Gasteiger partial charge in [0, 0.05) is 49.2 Å². The van der Waals surface area contributed by atoms with Gasteiger partial charge in [-0.15, -0.1) is 0 Å². The molecule has 4 heterocycles. The van der Waals surface area contributed by atoms with Gasteiger partial charge < -0.3 is 14.5 Å². The number of ether oxygens (including phenoxy) is 1. The summed E-state index contributed by atoms with van der Waals surface area (Å²) in [6.07, 6.45) is 12.6. The molecule has 1 aliphatic rings. The molecule has 3 aromatic heterocycles. The van der Waals surface area contributed by atoms with Crippen LogP contribution < -0.4 is 4.74 Å². The number of amides is 1. The second-order valence-electron chi connectivity index (χ2n) is 8.19. The normalized spacial score (nSPS) is 15.0. The van der Waals surface area contributed by atoms with Crippen LogP contribution in [0.2, 0.25) is 0 Å². The highest BCUT2D eigenvalue weighted by molar-refractivity contribution is 5.87. The van der Waals surface area contributed by atoms with Crippen LogP contribution in [0.5, 0.6) is 5.75 Å². The highest BCUT2D eigenvalue weighted by Crippen LogP contribution is 2.31. The smallest absolute Gasteiger partial charge is 0.246 e. The van der Waals surface area contributed by atoms with E-state index < -0.39 is 0 Å². The number of aromatic nitrogens is 4. The van der Waals surface area contributed by atoms with E-state index in [1.54, 1.807) is 17.7 Å². The SMILES string of the molecule is COc1cc(-c2cnn(C3CCN(C(=O)/C=C/CN(C)C)CC3)c2)cn2ncc(C#N)c12. The van der Waals surface area contributed by atoms with Gasteiger partial charge in [-0.25, -0.2) is 4.52 Å². The van der Waals surface area contributed by atoms with E-state index in [0.717, 1.165) is 43.6 Å². The van der Waals surface area contributed by atoms with Gasteiger partial charge in [-0.1, -0.05) is 6.08 Å². The number of likely N-dealkylation sites (tertiary alicyclic amines) is 1. The number of piperidine rings is 1. The third kappa shape index (κ3) is 4.36. The Morgan fingerprint density at radius 3 is 2.72 bits per heavy atom. The Hall–Kier alpha value is -3.64. The van der Waals surface area contributed by atoms with Crippen LogP contribution in [0.25, 0.3) is 16.6 Å². The van der Waals surface area contributed by atoms with Crippen molar-refractivity contribution < 1.29 is 9.53 Å². The van der Waals surface area contributed by atoms with Crippen LogP contribution in [0, 0.1) is 11.3 Å². The molecule has 1 saturated heterocycles. The first-order chi connectivity index (χ1) is 15.5. The molecule has 1 fully saturated rings. The average Bonchev–Trinajstić information content (AvgIpc) is 3.45. The Morgan fingerprint density at radius 2 is 2.03 bits per heavy atom. The van der Waals surface area contributed by atoms with Crippen molar-refractivity contribution in [1.29, 1.82) is 5.26 Å². The zero-order chi connectivity index (χ0) is 22.7. The van der Waals surface area contributed by atoms with E-state index in [4.69, 9.17) is 4.74 Å². The molecular formula is C23H27N7O2. The molecule has 3 aromatic rings. The van der Waals surface area contributed by atoms with E-state index in [2.05, 4.69) is 16.3 Å². The Morgan fingerprint density at radius 1 is 1.25 bits per heavy atom. The van der Waals surface area contributed by atoms with Crippen LogP contribution in [0.3, 0.4) is 0 Å². The van der Waals surface area contributed by atoms with Gasteiger partial charge in [0.1, 0.15) is 22.9 Å². The number of carbonyl (C=O) groups is 1. The summed E-state index contributed by atoms with van der Waals surface area (Å²) in [6, 6.07) is 4.30. The first kappa shape index (κ1) is 21.6. The third-order valence-corrected chi connectivity index (χ3v) is 5.73. The van der Waals surface area contributed by atoms with E-state index in [9.17, 15) is 10.1 Å². The van der Waals surface area contributed by atoms with Gasteiger partial charge in [0.15, 0.2) is 0 Å². The van der Waals surface area contributed by atoms with Crippen molar-refractivity contribution in [2.75, 3.05) is 40.8 Å². The van der Waals surface area contributed by atoms with Crippen molar-refractivity contribution in [2.45, 2.75) is 18.9 Å². The molecule has 0 spiro atoms. The van der Waals surface area contributed by atoms with Crippen LogP contribution in [0.1, 0.15) is 24.4 Å². The summed E-state index contributed by atoms with van der Waals surface area (Å²) >= 11 is 0. The summed E-state index contributed by atoms with van der Waals surface area (Å²) in [6.45, 7) is 2.19. The first-order valence-corrected chi connectivity index (χ1v) is 10.6. The van der Waals surface area contributed by atoms with Crippen molar-refractivity contribution >= 4 is 11.4 Å². The maximum Gasteiger partial charge on any atom is 0.246 e. The Balaban J connectivity index is 1.46. The van der Waals surface area contributed by atoms with Gasteiger partial charge in [-0.2, -0.15) is 15.5 Å². The Labute approximate surface area is 187 Å². The van der Waals surface area contributed by atoms with Crippen LogP contribution in [-0.2, 0) is 4.79 Å². The molecule has 0 atom stereocenters. The van der Waals surface area contributed by atoms with Crippen LogP contribution >= 0.6 is 0 Å². The van der Waals surface area contributed by atoms with Gasteiger partial charge in [-0.05, 0) is 33.0 Å². The van der Waals surface area contributed by atoms with Crippen LogP contribution in [-0.4, -0.2) is 75.9 Å². The number of carbonyl (C=O) groups excluding carboxylic acids is 1. The molecule has 0 aliphatic carbocycles. The predicted octanol–water partition coefficient (Wildman–Crippen LogP) is 2.36. The van der Waals surface area contributed by atoms with E-state index in [1.165, 1.54) is 6.20 Å². The molecular weight excluding hydrogens is 406 g/mol. The van der Waals surface area contributed by atoms with E-state index in [1.807, 2.05) is 59.3 Å². The molecule has 1 amide bonds. The minimum atomic E-state index is 0.0720. The number of rotatable bonds is 6. The fraction of sp³-hybridized carbons (Fsp3) is 0.391. The first-order valence-electron chi connectivity index (χ1n) is 10.6. The lowest BCUT2D eigenvalue weighted by Gasteiger charge is -2.31.